The predicted octanol–water partition coefficient (Wildman–Crippen LogP) is 1.30. The zero-order chi connectivity index (χ0) is 11.5. The number of nitrogens with zero attached hydrogens (tertiary/aromatic N) is 1. The van der Waals surface area contributed by atoms with E-state index in [9.17, 15) is 5.11 Å². The topological polar surface area (TPSA) is 32.7 Å². The van der Waals surface area contributed by atoms with E-state index in [1.54, 1.807) is 6.92 Å². The zero-order valence-electron chi connectivity index (χ0n) is 9.89. The van der Waals surface area contributed by atoms with Gasteiger partial charge in [0.25, 0.3) is 0 Å². The number of aliphatic hydroxyl groups excluding tert-OH is 1. The summed E-state index contributed by atoms with van der Waals surface area (Å²) >= 11 is 0. The van der Waals surface area contributed by atoms with E-state index >= 15 is 0 Å². The maximum Gasteiger partial charge on any atom is 0.123 e. The number of aliphatic hydroxyl groups is 1. The van der Waals surface area contributed by atoms with E-state index in [2.05, 4.69) is 11.0 Å². The summed E-state index contributed by atoms with van der Waals surface area (Å²) in [6, 6.07) is 8.18. The first-order valence-electron chi connectivity index (χ1n) is 5.76. The van der Waals surface area contributed by atoms with Crippen LogP contribution in [0.5, 0.6) is 5.75 Å². The fourth-order valence-corrected chi connectivity index (χ4v) is 2.23. The van der Waals surface area contributed by atoms with Crippen LogP contribution in [0.15, 0.2) is 24.3 Å². The second-order valence-electron chi connectivity index (χ2n) is 4.62. The Kier molecular flexibility index (Phi) is 3.46. The number of likely N-dealkylation sites (N-methyl/N-ethyl adjacent to an activating group) is 1. The van der Waals surface area contributed by atoms with Gasteiger partial charge in [0.1, 0.15) is 11.9 Å². The lowest BCUT2D eigenvalue weighted by atomic mass is 10.1. The number of hydrogen-bond acceptors (Lipinski definition) is 3. The molecule has 0 saturated carbocycles. The average Bonchev–Trinajstić information content (AvgIpc) is 2.57. The van der Waals surface area contributed by atoms with Crippen molar-refractivity contribution in [3.63, 3.8) is 0 Å². The highest BCUT2D eigenvalue weighted by Gasteiger charge is 2.23. The van der Waals surface area contributed by atoms with Crippen LogP contribution in [0, 0.1) is 0 Å². The lowest BCUT2D eigenvalue weighted by Crippen LogP contribution is -2.36. The van der Waals surface area contributed by atoms with Gasteiger partial charge in [0.2, 0.25) is 0 Å². The van der Waals surface area contributed by atoms with Crippen molar-refractivity contribution in [1.29, 1.82) is 0 Å². The fourth-order valence-electron chi connectivity index (χ4n) is 2.23. The Balaban J connectivity index is 1.87. The maximum atomic E-state index is 9.29. The predicted molar refractivity (Wildman–Crippen MR) is 63.7 cm³/mol. The van der Waals surface area contributed by atoms with Crippen molar-refractivity contribution in [2.24, 2.45) is 0 Å². The molecule has 0 aliphatic carbocycles. The molecule has 0 bridgehead atoms. The lowest BCUT2D eigenvalue weighted by molar-refractivity contribution is 0.110. The van der Waals surface area contributed by atoms with Crippen LogP contribution in [0.25, 0.3) is 0 Å². The Morgan fingerprint density at radius 3 is 2.94 bits per heavy atom. The summed E-state index contributed by atoms with van der Waals surface area (Å²) in [7, 11) is 2.01. The van der Waals surface area contributed by atoms with Crippen LogP contribution in [0.2, 0.25) is 0 Å². The highest BCUT2D eigenvalue weighted by atomic mass is 16.5. The molecule has 3 nitrogen and oxygen atoms in total. The van der Waals surface area contributed by atoms with Gasteiger partial charge in [-0.2, -0.15) is 0 Å². The van der Waals surface area contributed by atoms with Gasteiger partial charge >= 0.3 is 0 Å². The third kappa shape index (κ3) is 2.74. The zero-order valence-corrected chi connectivity index (χ0v) is 9.89. The Labute approximate surface area is 96.6 Å². The molecule has 1 aliphatic rings. The minimum absolute atomic E-state index is 0.223. The van der Waals surface area contributed by atoms with E-state index < -0.39 is 0 Å². The second kappa shape index (κ2) is 4.85. The van der Waals surface area contributed by atoms with Gasteiger partial charge < -0.3 is 14.7 Å². The summed E-state index contributed by atoms with van der Waals surface area (Å²) in [5.41, 5.74) is 1.29. The summed E-state index contributed by atoms with van der Waals surface area (Å²) < 4.78 is 5.84. The van der Waals surface area contributed by atoms with Crippen LogP contribution in [-0.2, 0) is 6.42 Å². The normalized spacial score (nSPS) is 20.6. The SMILES string of the molecule is CC(O)CN(C)CC1Cc2ccccc2O1. The van der Waals surface area contributed by atoms with Gasteiger partial charge in [-0.05, 0) is 25.6 Å². The summed E-state index contributed by atoms with van der Waals surface area (Å²) in [5, 5.41) is 9.29. The van der Waals surface area contributed by atoms with E-state index in [0.29, 0.717) is 6.54 Å². The Morgan fingerprint density at radius 1 is 1.50 bits per heavy atom. The third-order valence-corrected chi connectivity index (χ3v) is 2.81. The Bertz CT molecular complexity index is 327. The molecule has 1 aliphatic heterocycles. The minimum atomic E-state index is -0.284. The van der Waals surface area contributed by atoms with Crippen molar-refractivity contribution >= 4 is 0 Å². The molecule has 3 heteroatoms. The molecule has 2 unspecified atom stereocenters. The molecule has 0 saturated heterocycles. The first-order chi connectivity index (χ1) is 7.65. The number of fused-ring (bicyclic) bond motifs is 1. The molecular weight excluding hydrogens is 202 g/mol. The molecule has 1 heterocycles. The first-order valence-corrected chi connectivity index (χ1v) is 5.76. The van der Waals surface area contributed by atoms with Crippen molar-refractivity contribution in [3.8, 4) is 5.75 Å². The van der Waals surface area contributed by atoms with Gasteiger partial charge in [0, 0.05) is 19.5 Å². The molecule has 1 N–H and O–H groups in total. The van der Waals surface area contributed by atoms with E-state index in [0.717, 1.165) is 18.7 Å². The van der Waals surface area contributed by atoms with Gasteiger partial charge in [-0.1, -0.05) is 18.2 Å². The number of benzene rings is 1. The van der Waals surface area contributed by atoms with E-state index in [1.165, 1.54) is 5.56 Å². The summed E-state index contributed by atoms with van der Waals surface area (Å²) in [4.78, 5) is 2.11. The lowest BCUT2D eigenvalue weighted by Gasteiger charge is -2.21. The summed E-state index contributed by atoms with van der Waals surface area (Å²) in [6.45, 7) is 3.36. The summed E-state index contributed by atoms with van der Waals surface area (Å²) in [5.74, 6) is 1.01. The van der Waals surface area contributed by atoms with Gasteiger partial charge in [0.15, 0.2) is 0 Å². The van der Waals surface area contributed by atoms with Crippen molar-refractivity contribution in [1.82, 2.24) is 4.90 Å². The smallest absolute Gasteiger partial charge is 0.123 e. The quantitative estimate of drug-likeness (QED) is 0.832. The molecule has 2 atom stereocenters. The van der Waals surface area contributed by atoms with Crippen molar-refractivity contribution in [2.75, 3.05) is 20.1 Å². The fraction of sp³-hybridized carbons (Fsp3) is 0.538. The molecule has 88 valence electrons. The van der Waals surface area contributed by atoms with Gasteiger partial charge in [0.05, 0.1) is 6.10 Å². The Morgan fingerprint density at radius 2 is 2.25 bits per heavy atom. The van der Waals surface area contributed by atoms with Crippen LogP contribution in [-0.4, -0.2) is 42.4 Å². The number of ether oxygens (including phenoxy) is 1. The van der Waals surface area contributed by atoms with Crippen LogP contribution in [0.4, 0.5) is 0 Å². The van der Waals surface area contributed by atoms with Gasteiger partial charge in [-0.3, -0.25) is 0 Å². The first kappa shape index (κ1) is 11.4. The highest BCUT2D eigenvalue weighted by Crippen LogP contribution is 2.28. The minimum Gasteiger partial charge on any atom is -0.488 e. The number of para-hydroxylation sites is 1. The van der Waals surface area contributed by atoms with Crippen molar-refractivity contribution in [2.45, 2.75) is 25.6 Å². The molecule has 16 heavy (non-hydrogen) atoms. The summed E-state index contributed by atoms with van der Waals surface area (Å²) in [6.07, 6.45) is 0.912. The van der Waals surface area contributed by atoms with E-state index in [-0.39, 0.29) is 12.2 Å². The molecule has 0 radical (unpaired) electrons. The second-order valence-corrected chi connectivity index (χ2v) is 4.62. The van der Waals surface area contributed by atoms with Crippen molar-refractivity contribution < 1.29 is 9.84 Å². The van der Waals surface area contributed by atoms with E-state index in [4.69, 9.17) is 4.74 Å². The van der Waals surface area contributed by atoms with Crippen LogP contribution in [0.1, 0.15) is 12.5 Å². The average molecular weight is 221 g/mol. The van der Waals surface area contributed by atoms with Gasteiger partial charge in [-0.25, -0.2) is 0 Å². The van der Waals surface area contributed by atoms with Crippen molar-refractivity contribution in [3.05, 3.63) is 29.8 Å². The van der Waals surface area contributed by atoms with Crippen LogP contribution in [0.3, 0.4) is 0 Å². The molecule has 0 aromatic heterocycles. The number of hydrogen-bond donors (Lipinski definition) is 1. The van der Waals surface area contributed by atoms with Crippen LogP contribution >= 0.6 is 0 Å². The highest BCUT2D eigenvalue weighted by molar-refractivity contribution is 5.37. The largest absolute Gasteiger partial charge is 0.488 e. The molecular formula is C13H19NO2. The van der Waals surface area contributed by atoms with Crippen LogP contribution < -0.4 is 4.74 Å². The third-order valence-electron chi connectivity index (χ3n) is 2.81. The van der Waals surface area contributed by atoms with Gasteiger partial charge in [-0.15, -0.1) is 0 Å². The Hall–Kier alpha value is -1.06. The van der Waals surface area contributed by atoms with E-state index in [1.807, 2.05) is 25.2 Å². The molecule has 0 fully saturated rings. The number of rotatable bonds is 4. The monoisotopic (exact) mass is 221 g/mol. The molecule has 0 spiro atoms. The molecule has 0 amide bonds. The molecule has 1 aromatic rings. The maximum absolute atomic E-state index is 9.29. The standard InChI is InChI=1S/C13H19NO2/c1-10(15)8-14(2)9-12-7-11-5-3-4-6-13(11)16-12/h3-6,10,12,15H,7-9H2,1-2H3. The molecule has 1 aromatic carbocycles. The molecule has 2 rings (SSSR count).